The summed E-state index contributed by atoms with van der Waals surface area (Å²) in [6, 6.07) is 0. The molecule has 11 heavy (non-hydrogen) atoms. The van der Waals surface area contributed by atoms with Gasteiger partial charge in [-0.3, -0.25) is 4.99 Å². The van der Waals surface area contributed by atoms with Gasteiger partial charge >= 0.3 is 0 Å². The van der Waals surface area contributed by atoms with Gasteiger partial charge in [-0.05, 0) is 20.8 Å². The van der Waals surface area contributed by atoms with E-state index in [1.54, 1.807) is 0 Å². The van der Waals surface area contributed by atoms with E-state index in [0.717, 1.165) is 0 Å². The van der Waals surface area contributed by atoms with Crippen LogP contribution < -0.4 is 0 Å². The quantitative estimate of drug-likeness (QED) is 0.496. The smallest absolute Gasteiger partial charge is 0.166 e. The summed E-state index contributed by atoms with van der Waals surface area (Å²) in [7, 11) is 0. The summed E-state index contributed by atoms with van der Waals surface area (Å²) in [5.41, 5.74) is -0.152. The minimum Gasteiger partial charge on any atom is -0.289 e. The van der Waals surface area contributed by atoms with Crippen LogP contribution in [0.4, 0.5) is 0 Å². The van der Waals surface area contributed by atoms with Gasteiger partial charge in [-0.15, -0.1) is 11.6 Å². The summed E-state index contributed by atoms with van der Waals surface area (Å²) in [5.74, 6) is 0.149. The van der Waals surface area contributed by atoms with Crippen LogP contribution in [0.15, 0.2) is 4.99 Å². The average molecular weight is 217 g/mol. The Kier molecular flexibility index (Phi) is 4.17. The summed E-state index contributed by atoms with van der Waals surface area (Å²) < 4.78 is -1.03. The van der Waals surface area contributed by atoms with E-state index < -0.39 is 4.33 Å². The van der Waals surface area contributed by atoms with Crippen molar-refractivity contribution >= 4 is 41.0 Å². The number of halogens is 3. The summed E-state index contributed by atoms with van der Waals surface area (Å²) in [6.07, 6.45) is 1.48. The van der Waals surface area contributed by atoms with E-state index in [-0.39, 0.29) is 11.4 Å². The second-order valence-corrected chi connectivity index (χ2v) is 5.13. The number of hydrogen-bond donors (Lipinski definition) is 0. The second-order valence-electron chi connectivity index (χ2n) is 3.32. The zero-order valence-electron chi connectivity index (χ0n) is 6.87. The molecule has 0 aromatic rings. The molecule has 0 aromatic heterocycles. The van der Waals surface area contributed by atoms with Crippen molar-refractivity contribution in [1.29, 1.82) is 0 Å². The topological polar surface area (TPSA) is 12.4 Å². The van der Waals surface area contributed by atoms with Gasteiger partial charge in [0.15, 0.2) is 4.33 Å². The standard InChI is InChI=1S/C7H12Cl3N/c1-6(2,3)11-5-7(9,10)4-8/h5H,4H2,1-3H3. The van der Waals surface area contributed by atoms with Crippen molar-refractivity contribution in [3.8, 4) is 0 Å². The van der Waals surface area contributed by atoms with Gasteiger partial charge in [0.25, 0.3) is 0 Å². The molecular formula is C7H12Cl3N. The summed E-state index contributed by atoms with van der Waals surface area (Å²) in [5, 5.41) is 0. The fourth-order valence-corrected chi connectivity index (χ4v) is 0.489. The predicted octanol–water partition coefficient (Wildman–Crippen LogP) is 3.27. The molecule has 66 valence electrons. The number of hydrogen-bond acceptors (Lipinski definition) is 1. The molecule has 0 aliphatic heterocycles. The first-order valence-electron chi connectivity index (χ1n) is 3.27. The zero-order chi connectivity index (χ0) is 9.12. The largest absolute Gasteiger partial charge is 0.289 e. The Labute approximate surface area is 82.7 Å². The third-order valence-electron chi connectivity index (χ3n) is 0.819. The molecule has 0 spiro atoms. The maximum atomic E-state index is 5.71. The van der Waals surface area contributed by atoms with Crippen molar-refractivity contribution in [2.24, 2.45) is 4.99 Å². The molecular weight excluding hydrogens is 204 g/mol. The molecule has 0 unspecified atom stereocenters. The van der Waals surface area contributed by atoms with Gasteiger partial charge in [-0.1, -0.05) is 23.2 Å². The van der Waals surface area contributed by atoms with Crippen molar-refractivity contribution in [1.82, 2.24) is 0 Å². The van der Waals surface area contributed by atoms with Gasteiger partial charge < -0.3 is 0 Å². The lowest BCUT2D eigenvalue weighted by Crippen LogP contribution is -2.20. The second kappa shape index (κ2) is 3.97. The van der Waals surface area contributed by atoms with E-state index in [0.29, 0.717) is 0 Å². The highest BCUT2D eigenvalue weighted by atomic mass is 35.5. The molecule has 0 heterocycles. The Balaban J connectivity index is 4.13. The summed E-state index contributed by atoms with van der Waals surface area (Å²) in [6.45, 7) is 5.88. The molecule has 0 saturated carbocycles. The van der Waals surface area contributed by atoms with Crippen LogP contribution in [0.5, 0.6) is 0 Å². The van der Waals surface area contributed by atoms with Crippen LogP contribution in [0.3, 0.4) is 0 Å². The molecule has 4 heteroatoms. The van der Waals surface area contributed by atoms with Crippen LogP contribution in [-0.2, 0) is 0 Å². The third kappa shape index (κ3) is 6.92. The molecule has 0 bridgehead atoms. The Hall–Kier alpha value is 0.540. The molecule has 0 aromatic carbocycles. The first kappa shape index (κ1) is 11.5. The van der Waals surface area contributed by atoms with E-state index in [1.807, 2.05) is 20.8 Å². The molecule has 0 N–H and O–H groups in total. The molecule has 0 aliphatic carbocycles. The molecule has 0 amide bonds. The first-order valence-corrected chi connectivity index (χ1v) is 4.56. The highest BCUT2D eigenvalue weighted by Gasteiger charge is 2.20. The number of rotatable bonds is 2. The number of aliphatic imine (C=N–C) groups is 1. The van der Waals surface area contributed by atoms with Crippen LogP contribution in [0, 0.1) is 0 Å². The maximum Gasteiger partial charge on any atom is 0.166 e. The van der Waals surface area contributed by atoms with Crippen LogP contribution in [0.2, 0.25) is 0 Å². The molecule has 0 aliphatic rings. The fraction of sp³-hybridized carbons (Fsp3) is 0.857. The van der Waals surface area contributed by atoms with Crippen LogP contribution in [-0.4, -0.2) is 22.0 Å². The maximum absolute atomic E-state index is 5.71. The Morgan fingerprint density at radius 2 is 1.73 bits per heavy atom. The minimum absolute atomic E-state index is 0.149. The van der Waals surface area contributed by atoms with Crippen LogP contribution in [0.1, 0.15) is 20.8 Å². The van der Waals surface area contributed by atoms with Gasteiger partial charge in [0.2, 0.25) is 0 Å². The fourth-order valence-electron chi connectivity index (χ4n) is 0.323. The van der Waals surface area contributed by atoms with E-state index in [1.165, 1.54) is 6.21 Å². The molecule has 0 saturated heterocycles. The SMILES string of the molecule is CC(C)(C)N=CC(Cl)(Cl)CCl. The minimum atomic E-state index is -1.03. The predicted molar refractivity (Wildman–Crippen MR) is 53.4 cm³/mol. The van der Waals surface area contributed by atoms with Gasteiger partial charge in [0.1, 0.15) is 0 Å². The van der Waals surface area contributed by atoms with Crippen molar-refractivity contribution in [2.75, 3.05) is 5.88 Å². The average Bonchev–Trinajstić information content (AvgIpc) is 1.83. The Morgan fingerprint density at radius 3 is 2.00 bits per heavy atom. The molecule has 0 rings (SSSR count). The summed E-state index contributed by atoms with van der Waals surface area (Å²) >= 11 is 16.9. The van der Waals surface area contributed by atoms with Gasteiger partial charge in [0.05, 0.1) is 11.4 Å². The highest BCUT2D eigenvalue weighted by molar-refractivity contribution is 6.58. The lowest BCUT2D eigenvalue weighted by molar-refractivity contribution is 0.584. The Bertz CT molecular complexity index is 146. The van der Waals surface area contributed by atoms with Gasteiger partial charge in [-0.2, -0.15) is 0 Å². The monoisotopic (exact) mass is 215 g/mol. The molecule has 0 fully saturated rings. The van der Waals surface area contributed by atoms with Crippen molar-refractivity contribution in [3.63, 3.8) is 0 Å². The lowest BCUT2D eigenvalue weighted by atomic mass is 10.1. The zero-order valence-corrected chi connectivity index (χ0v) is 9.13. The highest BCUT2D eigenvalue weighted by Crippen LogP contribution is 2.21. The first-order chi connectivity index (χ1) is 4.77. The third-order valence-corrected chi connectivity index (χ3v) is 1.98. The van der Waals surface area contributed by atoms with E-state index in [2.05, 4.69) is 4.99 Å². The Morgan fingerprint density at radius 1 is 1.27 bits per heavy atom. The van der Waals surface area contributed by atoms with Crippen molar-refractivity contribution in [2.45, 2.75) is 30.6 Å². The van der Waals surface area contributed by atoms with Crippen LogP contribution >= 0.6 is 34.8 Å². The number of nitrogens with zero attached hydrogens (tertiary/aromatic N) is 1. The van der Waals surface area contributed by atoms with E-state index in [9.17, 15) is 0 Å². The van der Waals surface area contributed by atoms with E-state index in [4.69, 9.17) is 34.8 Å². The number of alkyl halides is 3. The summed E-state index contributed by atoms with van der Waals surface area (Å²) in [4.78, 5) is 4.13. The lowest BCUT2D eigenvalue weighted by Gasteiger charge is -2.15. The molecule has 1 nitrogen and oxygen atoms in total. The van der Waals surface area contributed by atoms with Gasteiger partial charge in [0, 0.05) is 6.21 Å². The van der Waals surface area contributed by atoms with E-state index >= 15 is 0 Å². The van der Waals surface area contributed by atoms with Crippen molar-refractivity contribution < 1.29 is 0 Å². The molecule has 0 radical (unpaired) electrons. The van der Waals surface area contributed by atoms with Gasteiger partial charge in [-0.25, -0.2) is 0 Å². The molecule has 0 atom stereocenters. The van der Waals surface area contributed by atoms with Crippen molar-refractivity contribution in [3.05, 3.63) is 0 Å². The van der Waals surface area contributed by atoms with Crippen LogP contribution in [0.25, 0.3) is 0 Å². The normalized spacial score (nSPS) is 14.4.